The van der Waals surface area contributed by atoms with E-state index in [1.807, 2.05) is 6.92 Å². The molecule has 0 fully saturated rings. The smallest absolute Gasteiger partial charge is 0.193 e. The lowest BCUT2D eigenvalue weighted by atomic mass is 10.0. The van der Waals surface area contributed by atoms with Crippen molar-refractivity contribution in [1.29, 1.82) is 0 Å². The van der Waals surface area contributed by atoms with Gasteiger partial charge in [-0.15, -0.1) is 24.0 Å². The van der Waals surface area contributed by atoms with E-state index in [1.54, 1.807) is 0 Å². The van der Waals surface area contributed by atoms with Gasteiger partial charge >= 0.3 is 0 Å². The number of halogens is 1. The first-order valence-corrected chi connectivity index (χ1v) is 6.98. The Labute approximate surface area is 139 Å². The van der Waals surface area contributed by atoms with Crippen LogP contribution in [0.15, 0.2) is 23.2 Å². The van der Waals surface area contributed by atoms with E-state index in [0.717, 1.165) is 18.5 Å². The number of hydrogen-bond donors (Lipinski definition) is 2. The summed E-state index contributed by atoms with van der Waals surface area (Å²) in [7, 11) is 0. The summed E-state index contributed by atoms with van der Waals surface area (Å²) in [5, 5.41) is 3.23. The molecule has 1 aromatic rings. The first kappa shape index (κ1) is 19.2. The molecule has 0 aliphatic rings. The van der Waals surface area contributed by atoms with Crippen molar-refractivity contribution in [3.63, 3.8) is 0 Å². The van der Waals surface area contributed by atoms with Gasteiger partial charge in [-0.2, -0.15) is 0 Å². The van der Waals surface area contributed by atoms with Crippen LogP contribution in [0.5, 0.6) is 0 Å². The van der Waals surface area contributed by atoms with Gasteiger partial charge < -0.3 is 15.8 Å². The second-order valence-electron chi connectivity index (χ2n) is 4.25. The number of para-hydroxylation sites is 1. The third kappa shape index (κ3) is 6.09. The third-order valence-electron chi connectivity index (χ3n) is 2.97. The fourth-order valence-corrected chi connectivity index (χ4v) is 1.95. The largest absolute Gasteiger partial charge is 0.380 e. The van der Waals surface area contributed by atoms with Crippen LogP contribution < -0.4 is 11.1 Å². The number of aryl methyl sites for hydroxylation is 2. The predicted octanol–water partition coefficient (Wildman–Crippen LogP) is 3.19. The quantitative estimate of drug-likeness (QED) is 0.325. The summed E-state index contributed by atoms with van der Waals surface area (Å²) in [6.07, 6.45) is 1.95. The Bertz CT molecular complexity index is 399. The van der Waals surface area contributed by atoms with Crippen LogP contribution in [-0.2, 0) is 17.6 Å². The Morgan fingerprint density at radius 3 is 2.30 bits per heavy atom. The topological polar surface area (TPSA) is 59.6 Å². The maximum Gasteiger partial charge on any atom is 0.193 e. The molecule has 0 atom stereocenters. The van der Waals surface area contributed by atoms with Crippen LogP contribution in [0.3, 0.4) is 0 Å². The highest BCUT2D eigenvalue weighted by Gasteiger charge is 2.06. The number of guanidine groups is 1. The van der Waals surface area contributed by atoms with Crippen LogP contribution in [0.4, 0.5) is 5.69 Å². The molecule has 0 unspecified atom stereocenters. The molecule has 0 radical (unpaired) electrons. The van der Waals surface area contributed by atoms with E-state index in [1.165, 1.54) is 11.1 Å². The van der Waals surface area contributed by atoms with Gasteiger partial charge in [0, 0.05) is 12.3 Å². The second-order valence-corrected chi connectivity index (χ2v) is 4.25. The zero-order valence-electron chi connectivity index (χ0n) is 12.6. The third-order valence-corrected chi connectivity index (χ3v) is 2.97. The lowest BCUT2D eigenvalue weighted by Gasteiger charge is -2.14. The van der Waals surface area contributed by atoms with E-state index in [0.29, 0.717) is 25.7 Å². The van der Waals surface area contributed by atoms with Crippen LogP contribution in [-0.4, -0.2) is 25.7 Å². The number of nitrogens with one attached hydrogen (secondary N) is 1. The van der Waals surface area contributed by atoms with Crippen molar-refractivity contribution in [2.45, 2.75) is 33.6 Å². The summed E-state index contributed by atoms with van der Waals surface area (Å²) in [6.45, 7) is 8.15. The van der Waals surface area contributed by atoms with Crippen molar-refractivity contribution in [2.24, 2.45) is 10.7 Å². The standard InChI is InChI=1S/C15H25N3O.HI/c1-4-12-8-7-9-13(5-2)14(12)18-15(16)17-10-11-19-6-3;/h7-9H,4-6,10-11H2,1-3H3,(H3,16,17,18);1H. The zero-order chi connectivity index (χ0) is 14.1. The zero-order valence-corrected chi connectivity index (χ0v) is 14.9. The maximum absolute atomic E-state index is 5.92. The average molecular weight is 391 g/mol. The number of nitrogens with two attached hydrogens (primary N) is 1. The molecule has 0 aromatic heterocycles. The lowest BCUT2D eigenvalue weighted by molar-refractivity contribution is 0.156. The highest BCUT2D eigenvalue weighted by atomic mass is 127. The van der Waals surface area contributed by atoms with Crippen LogP contribution in [0.1, 0.15) is 31.9 Å². The number of anilines is 1. The molecule has 0 amide bonds. The highest BCUT2D eigenvalue weighted by molar-refractivity contribution is 14.0. The SMILES string of the molecule is CCOCCN=C(N)Nc1c(CC)cccc1CC.I. The molecule has 0 saturated heterocycles. The molecule has 1 aromatic carbocycles. The van der Waals surface area contributed by atoms with Crippen molar-refractivity contribution < 1.29 is 4.74 Å². The Morgan fingerprint density at radius 2 is 1.80 bits per heavy atom. The molecular formula is C15H26IN3O. The molecule has 0 saturated carbocycles. The normalized spacial score (nSPS) is 11.1. The van der Waals surface area contributed by atoms with Gasteiger partial charge in [0.2, 0.25) is 0 Å². The molecule has 4 nitrogen and oxygen atoms in total. The summed E-state index contributed by atoms with van der Waals surface area (Å²) in [5.74, 6) is 0.454. The van der Waals surface area contributed by atoms with Crippen molar-refractivity contribution in [3.05, 3.63) is 29.3 Å². The molecule has 3 N–H and O–H groups in total. The molecule has 5 heteroatoms. The first-order chi connectivity index (χ1) is 9.22. The number of aliphatic imine (C=N–C) groups is 1. The predicted molar refractivity (Wildman–Crippen MR) is 97.2 cm³/mol. The van der Waals surface area contributed by atoms with Gasteiger partial charge in [0.15, 0.2) is 5.96 Å². The van der Waals surface area contributed by atoms with Crippen molar-refractivity contribution >= 4 is 35.6 Å². The molecule has 0 aliphatic heterocycles. The Morgan fingerprint density at radius 1 is 1.20 bits per heavy atom. The van der Waals surface area contributed by atoms with E-state index in [9.17, 15) is 0 Å². The van der Waals surface area contributed by atoms with E-state index in [-0.39, 0.29) is 24.0 Å². The molecule has 20 heavy (non-hydrogen) atoms. The van der Waals surface area contributed by atoms with Crippen LogP contribution in [0.25, 0.3) is 0 Å². The fourth-order valence-electron chi connectivity index (χ4n) is 1.95. The van der Waals surface area contributed by atoms with Gasteiger partial charge in [0.1, 0.15) is 0 Å². The maximum atomic E-state index is 5.92. The summed E-state index contributed by atoms with van der Waals surface area (Å²) < 4.78 is 5.23. The minimum Gasteiger partial charge on any atom is -0.380 e. The number of benzene rings is 1. The molecular weight excluding hydrogens is 365 g/mol. The van der Waals surface area contributed by atoms with Crippen LogP contribution in [0.2, 0.25) is 0 Å². The molecule has 114 valence electrons. The summed E-state index contributed by atoms with van der Waals surface area (Å²) in [6, 6.07) is 6.33. The van der Waals surface area contributed by atoms with Crippen molar-refractivity contribution in [3.8, 4) is 0 Å². The van der Waals surface area contributed by atoms with Gasteiger partial charge in [0.25, 0.3) is 0 Å². The van der Waals surface area contributed by atoms with Gasteiger partial charge in [0.05, 0.1) is 13.2 Å². The molecule has 0 heterocycles. The van der Waals surface area contributed by atoms with E-state index in [2.05, 4.69) is 42.4 Å². The average Bonchev–Trinajstić information content (AvgIpc) is 2.43. The van der Waals surface area contributed by atoms with E-state index >= 15 is 0 Å². The monoisotopic (exact) mass is 391 g/mol. The molecule has 0 bridgehead atoms. The first-order valence-electron chi connectivity index (χ1n) is 6.98. The number of nitrogens with zero attached hydrogens (tertiary/aromatic N) is 1. The molecule has 0 spiro atoms. The van der Waals surface area contributed by atoms with Gasteiger partial charge in [-0.3, -0.25) is 4.99 Å². The fraction of sp³-hybridized carbons (Fsp3) is 0.533. The van der Waals surface area contributed by atoms with Gasteiger partial charge in [-0.1, -0.05) is 32.0 Å². The van der Waals surface area contributed by atoms with Gasteiger partial charge in [-0.25, -0.2) is 0 Å². The lowest BCUT2D eigenvalue weighted by Crippen LogP contribution is -2.24. The number of ether oxygens (including phenoxy) is 1. The van der Waals surface area contributed by atoms with Crippen molar-refractivity contribution in [2.75, 3.05) is 25.1 Å². The molecule has 0 aliphatic carbocycles. The Hall–Kier alpha value is -0.820. The summed E-state index contributed by atoms with van der Waals surface area (Å²) in [5.41, 5.74) is 9.55. The molecule has 1 rings (SSSR count). The number of hydrogen-bond acceptors (Lipinski definition) is 2. The number of rotatable bonds is 7. The highest BCUT2D eigenvalue weighted by Crippen LogP contribution is 2.22. The Kier molecular flexibility index (Phi) is 10.5. The minimum atomic E-state index is 0. The van der Waals surface area contributed by atoms with Crippen LogP contribution >= 0.6 is 24.0 Å². The van der Waals surface area contributed by atoms with E-state index in [4.69, 9.17) is 10.5 Å². The van der Waals surface area contributed by atoms with Crippen molar-refractivity contribution in [1.82, 2.24) is 0 Å². The Balaban J connectivity index is 0.00000361. The summed E-state index contributed by atoms with van der Waals surface area (Å²) >= 11 is 0. The van der Waals surface area contributed by atoms with E-state index < -0.39 is 0 Å². The van der Waals surface area contributed by atoms with Gasteiger partial charge in [-0.05, 0) is 30.9 Å². The summed E-state index contributed by atoms with van der Waals surface area (Å²) in [4.78, 5) is 4.27. The second kappa shape index (κ2) is 10.9. The van der Waals surface area contributed by atoms with Crippen LogP contribution in [0, 0.1) is 0 Å². The minimum absolute atomic E-state index is 0.